The lowest BCUT2D eigenvalue weighted by Crippen LogP contribution is -2.36. The molecular formula is C14H18BrFIN5. The van der Waals surface area contributed by atoms with E-state index in [1.807, 2.05) is 19.2 Å². The largest absolute Gasteiger partial charge is 0.352 e. The Kier molecular flexibility index (Phi) is 7.80. The van der Waals surface area contributed by atoms with Crippen LogP contribution in [-0.2, 0) is 20.1 Å². The number of nitrogens with one attached hydrogen (secondary N) is 2. The average molecular weight is 482 g/mol. The summed E-state index contributed by atoms with van der Waals surface area (Å²) in [6.07, 6.45) is 1.75. The van der Waals surface area contributed by atoms with Gasteiger partial charge in [-0.3, -0.25) is 9.67 Å². The first-order valence-corrected chi connectivity index (χ1v) is 7.25. The van der Waals surface area contributed by atoms with Gasteiger partial charge in [-0.1, -0.05) is 6.07 Å². The van der Waals surface area contributed by atoms with Crippen LogP contribution in [0.25, 0.3) is 0 Å². The van der Waals surface area contributed by atoms with E-state index >= 15 is 0 Å². The van der Waals surface area contributed by atoms with Crippen LogP contribution in [0, 0.1) is 5.82 Å². The highest BCUT2D eigenvalue weighted by molar-refractivity contribution is 14.0. The Bertz CT molecular complexity index is 644. The molecule has 2 aromatic rings. The topological polar surface area (TPSA) is 54.2 Å². The molecule has 120 valence electrons. The Hall–Kier alpha value is -1.16. The maximum atomic E-state index is 13.4. The van der Waals surface area contributed by atoms with Crippen LogP contribution in [0.1, 0.15) is 11.3 Å². The maximum absolute atomic E-state index is 13.4. The number of guanidine groups is 1. The summed E-state index contributed by atoms with van der Waals surface area (Å²) in [7, 11) is 3.58. The molecule has 0 radical (unpaired) electrons. The summed E-state index contributed by atoms with van der Waals surface area (Å²) in [4.78, 5) is 4.13. The van der Waals surface area contributed by atoms with E-state index in [4.69, 9.17) is 0 Å². The first-order valence-electron chi connectivity index (χ1n) is 6.45. The molecule has 0 spiro atoms. The Morgan fingerprint density at radius 1 is 1.32 bits per heavy atom. The van der Waals surface area contributed by atoms with Crippen LogP contribution in [0.15, 0.2) is 39.9 Å². The summed E-state index contributed by atoms with van der Waals surface area (Å²) in [5.74, 6) is 0.381. The zero-order valence-corrected chi connectivity index (χ0v) is 16.2. The van der Waals surface area contributed by atoms with Gasteiger partial charge < -0.3 is 10.6 Å². The number of aromatic nitrogens is 2. The van der Waals surface area contributed by atoms with Crippen LogP contribution >= 0.6 is 39.9 Å². The van der Waals surface area contributed by atoms with Gasteiger partial charge in [0.25, 0.3) is 0 Å². The summed E-state index contributed by atoms with van der Waals surface area (Å²) >= 11 is 3.14. The molecule has 0 aliphatic heterocycles. The second-order valence-corrected chi connectivity index (χ2v) is 5.33. The zero-order valence-electron chi connectivity index (χ0n) is 12.3. The minimum atomic E-state index is -0.271. The normalized spacial score (nSPS) is 11.0. The second-order valence-electron chi connectivity index (χ2n) is 4.47. The van der Waals surface area contributed by atoms with Gasteiger partial charge in [-0.05, 0) is 39.7 Å². The number of rotatable bonds is 4. The monoisotopic (exact) mass is 481 g/mol. The lowest BCUT2D eigenvalue weighted by molar-refractivity contribution is 0.617. The average Bonchev–Trinajstić information content (AvgIpc) is 2.88. The van der Waals surface area contributed by atoms with Crippen molar-refractivity contribution < 1.29 is 4.39 Å². The van der Waals surface area contributed by atoms with Crippen molar-refractivity contribution in [1.29, 1.82) is 0 Å². The molecular weight excluding hydrogens is 464 g/mol. The van der Waals surface area contributed by atoms with E-state index < -0.39 is 0 Å². The van der Waals surface area contributed by atoms with E-state index in [-0.39, 0.29) is 29.8 Å². The molecule has 1 aromatic heterocycles. The highest BCUT2D eigenvalue weighted by atomic mass is 127. The third-order valence-corrected chi connectivity index (χ3v) is 3.67. The van der Waals surface area contributed by atoms with Gasteiger partial charge in [0.15, 0.2) is 5.96 Å². The fraction of sp³-hybridized carbons (Fsp3) is 0.286. The van der Waals surface area contributed by atoms with Crippen molar-refractivity contribution in [3.63, 3.8) is 0 Å². The smallest absolute Gasteiger partial charge is 0.191 e. The molecule has 0 bridgehead atoms. The van der Waals surface area contributed by atoms with Crippen LogP contribution in [0.2, 0.25) is 0 Å². The molecule has 0 aliphatic carbocycles. The molecule has 0 atom stereocenters. The third-order valence-electron chi connectivity index (χ3n) is 3.03. The minimum absolute atomic E-state index is 0. The third kappa shape index (κ3) is 5.24. The fourth-order valence-electron chi connectivity index (χ4n) is 1.81. The fourth-order valence-corrected chi connectivity index (χ4v) is 2.05. The van der Waals surface area contributed by atoms with Crippen molar-refractivity contribution >= 4 is 45.9 Å². The van der Waals surface area contributed by atoms with Crippen molar-refractivity contribution in [2.45, 2.75) is 13.1 Å². The lowest BCUT2D eigenvalue weighted by Gasteiger charge is -2.12. The minimum Gasteiger partial charge on any atom is -0.352 e. The molecule has 0 saturated heterocycles. The number of nitrogens with zero attached hydrogens (tertiary/aromatic N) is 3. The van der Waals surface area contributed by atoms with Crippen LogP contribution in [-0.4, -0.2) is 22.8 Å². The molecule has 5 nitrogen and oxygen atoms in total. The first kappa shape index (κ1) is 18.9. The highest BCUT2D eigenvalue weighted by Gasteiger charge is 2.03. The van der Waals surface area contributed by atoms with Crippen molar-refractivity contribution in [2.24, 2.45) is 12.0 Å². The summed E-state index contributed by atoms with van der Waals surface area (Å²) in [6.45, 7) is 1.11. The number of hydrogen-bond acceptors (Lipinski definition) is 2. The number of halogens is 3. The van der Waals surface area contributed by atoms with Gasteiger partial charge >= 0.3 is 0 Å². The summed E-state index contributed by atoms with van der Waals surface area (Å²) in [5.41, 5.74) is 1.90. The van der Waals surface area contributed by atoms with Gasteiger partial charge in [0.1, 0.15) is 5.82 Å². The Labute approximate surface area is 154 Å². The standard InChI is InChI=1S/C14H17BrFN5.HI/c1-17-14(19-9-11-5-6-20-21(11)2)18-8-10-3-4-12(15)13(16)7-10;/h3-7H,8-9H2,1-2H3,(H2,17,18,19);1H. The van der Waals surface area contributed by atoms with Gasteiger partial charge in [-0.15, -0.1) is 24.0 Å². The number of aliphatic imine (C=N–C) groups is 1. The Balaban J connectivity index is 0.00000242. The van der Waals surface area contributed by atoms with Gasteiger partial charge in [-0.25, -0.2) is 4.39 Å². The Morgan fingerprint density at radius 3 is 2.64 bits per heavy atom. The maximum Gasteiger partial charge on any atom is 0.191 e. The van der Waals surface area contributed by atoms with E-state index in [0.29, 0.717) is 23.5 Å². The van der Waals surface area contributed by atoms with E-state index in [9.17, 15) is 4.39 Å². The molecule has 0 aliphatic rings. The summed E-state index contributed by atoms with van der Waals surface area (Å²) in [6, 6.07) is 6.97. The predicted molar refractivity (Wildman–Crippen MR) is 99.8 cm³/mol. The lowest BCUT2D eigenvalue weighted by atomic mass is 10.2. The highest BCUT2D eigenvalue weighted by Crippen LogP contribution is 2.16. The van der Waals surface area contributed by atoms with Crippen LogP contribution in [0.3, 0.4) is 0 Å². The quantitative estimate of drug-likeness (QED) is 0.401. The van der Waals surface area contributed by atoms with Crippen molar-refractivity contribution in [2.75, 3.05) is 7.05 Å². The van der Waals surface area contributed by atoms with E-state index in [2.05, 4.69) is 36.7 Å². The molecule has 0 saturated carbocycles. The molecule has 0 unspecified atom stereocenters. The summed E-state index contributed by atoms with van der Waals surface area (Å²) in [5, 5.41) is 10.4. The van der Waals surface area contributed by atoms with E-state index in [1.165, 1.54) is 6.07 Å². The molecule has 1 heterocycles. The van der Waals surface area contributed by atoms with Crippen molar-refractivity contribution in [1.82, 2.24) is 20.4 Å². The van der Waals surface area contributed by atoms with Crippen molar-refractivity contribution in [3.05, 3.63) is 52.0 Å². The number of benzene rings is 1. The molecule has 2 rings (SSSR count). The summed E-state index contributed by atoms with van der Waals surface area (Å²) < 4.78 is 15.7. The molecule has 22 heavy (non-hydrogen) atoms. The molecule has 0 amide bonds. The van der Waals surface area contributed by atoms with Gasteiger partial charge in [-0.2, -0.15) is 5.10 Å². The molecule has 8 heteroatoms. The SMILES string of the molecule is CN=C(NCc1ccc(Br)c(F)c1)NCc1ccnn1C.I. The van der Waals surface area contributed by atoms with E-state index in [0.717, 1.165) is 11.3 Å². The van der Waals surface area contributed by atoms with Crippen LogP contribution < -0.4 is 10.6 Å². The van der Waals surface area contributed by atoms with E-state index in [1.54, 1.807) is 24.0 Å². The van der Waals surface area contributed by atoms with Gasteiger partial charge in [0, 0.05) is 26.8 Å². The van der Waals surface area contributed by atoms with Crippen LogP contribution in [0.4, 0.5) is 4.39 Å². The molecule has 1 aromatic carbocycles. The van der Waals surface area contributed by atoms with Gasteiger partial charge in [0.05, 0.1) is 16.7 Å². The molecule has 2 N–H and O–H groups in total. The number of aryl methyl sites for hydroxylation is 1. The second kappa shape index (κ2) is 9.09. The van der Waals surface area contributed by atoms with Crippen molar-refractivity contribution in [3.8, 4) is 0 Å². The Morgan fingerprint density at radius 2 is 2.05 bits per heavy atom. The number of hydrogen-bond donors (Lipinski definition) is 2. The molecule has 0 fully saturated rings. The predicted octanol–water partition coefficient (Wildman–Crippen LogP) is 2.80. The van der Waals surface area contributed by atoms with Crippen LogP contribution in [0.5, 0.6) is 0 Å². The first-order chi connectivity index (χ1) is 10.1. The zero-order chi connectivity index (χ0) is 15.2. The van der Waals surface area contributed by atoms with Gasteiger partial charge in [0.2, 0.25) is 0 Å².